The van der Waals surface area contributed by atoms with Crippen LogP contribution in [0.5, 0.6) is 0 Å². The molecule has 1 aliphatic heterocycles. The van der Waals surface area contributed by atoms with E-state index in [2.05, 4.69) is 16.9 Å². The van der Waals surface area contributed by atoms with Gasteiger partial charge in [0.25, 0.3) is 0 Å². The van der Waals surface area contributed by atoms with E-state index in [-0.39, 0.29) is 5.91 Å². The number of hydrogen-bond donors (Lipinski definition) is 1. The van der Waals surface area contributed by atoms with E-state index in [1.807, 2.05) is 16.3 Å². The zero-order valence-electron chi connectivity index (χ0n) is 14.3. The zero-order chi connectivity index (χ0) is 16.8. The van der Waals surface area contributed by atoms with Crippen molar-refractivity contribution in [3.8, 4) is 0 Å². The van der Waals surface area contributed by atoms with Crippen molar-refractivity contribution in [2.75, 3.05) is 13.1 Å². The molecular formula is C16H29N5OS. The van der Waals surface area contributed by atoms with Crippen LogP contribution in [-0.2, 0) is 24.9 Å². The number of hydrogen-bond acceptors (Lipinski definition) is 4. The molecule has 2 rings (SSSR count). The maximum Gasteiger partial charge on any atom is 0.217 e. The van der Waals surface area contributed by atoms with Crippen LogP contribution in [0.1, 0.15) is 51.3 Å². The summed E-state index contributed by atoms with van der Waals surface area (Å²) in [6.45, 7) is 5.22. The van der Waals surface area contributed by atoms with Gasteiger partial charge in [0.05, 0.1) is 6.67 Å². The molecule has 1 amide bonds. The van der Waals surface area contributed by atoms with Crippen LogP contribution in [0.25, 0.3) is 0 Å². The van der Waals surface area contributed by atoms with Crippen LogP contribution in [0.2, 0.25) is 0 Å². The van der Waals surface area contributed by atoms with Gasteiger partial charge in [-0.2, -0.15) is 5.10 Å². The molecule has 6 nitrogen and oxygen atoms in total. The highest BCUT2D eigenvalue weighted by molar-refractivity contribution is 7.71. The third-order valence-corrected chi connectivity index (χ3v) is 5.18. The molecule has 0 saturated carbocycles. The average Bonchev–Trinajstić information content (AvgIpc) is 2.68. The molecule has 23 heavy (non-hydrogen) atoms. The summed E-state index contributed by atoms with van der Waals surface area (Å²) < 4.78 is 4.47. The molecule has 0 aromatic carbocycles. The predicted molar refractivity (Wildman–Crippen MR) is 93.4 cm³/mol. The minimum atomic E-state index is -0.306. The van der Waals surface area contributed by atoms with Crippen molar-refractivity contribution in [3.63, 3.8) is 0 Å². The Morgan fingerprint density at radius 2 is 2.17 bits per heavy atom. The number of rotatable bonds is 7. The molecule has 7 heteroatoms. The molecule has 1 aromatic heterocycles. The first kappa shape index (κ1) is 18.1. The van der Waals surface area contributed by atoms with E-state index in [0.717, 1.165) is 31.5 Å². The Labute approximate surface area is 143 Å². The fraction of sp³-hybridized carbons (Fsp3) is 0.812. The molecule has 1 atom stereocenters. The van der Waals surface area contributed by atoms with Crippen LogP contribution in [0.4, 0.5) is 0 Å². The number of aromatic nitrogens is 3. The lowest BCUT2D eigenvalue weighted by atomic mass is 9.96. The topological polar surface area (TPSA) is 69.1 Å². The first-order valence-electron chi connectivity index (χ1n) is 8.64. The number of likely N-dealkylation sites (tertiary alicyclic amines) is 1. The Morgan fingerprint density at radius 3 is 2.87 bits per heavy atom. The Bertz CT molecular complexity index is 580. The fourth-order valence-corrected chi connectivity index (χ4v) is 3.53. The third-order valence-electron chi connectivity index (χ3n) is 4.70. The summed E-state index contributed by atoms with van der Waals surface area (Å²) in [6.07, 6.45) is 7.32. The van der Waals surface area contributed by atoms with Gasteiger partial charge in [0.15, 0.2) is 4.77 Å². The van der Waals surface area contributed by atoms with Crippen LogP contribution in [0.15, 0.2) is 0 Å². The highest BCUT2D eigenvalue weighted by atomic mass is 32.1. The van der Waals surface area contributed by atoms with Gasteiger partial charge in [-0.3, -0.25) is 9.69 Å². The molecule has 0 unspecified atom stereocenters. The van der Waals surface area contributed by atoms with Gasteiger partial charge in [0.2, 0.25) is 5.91 Å². The Balaban J connectivity index is 1.98. The number of carbonyl (C=O) groups is 1. The summed E-state index contributed by atoms with van der Waals surface area (Å²) in [7, 11) is 1.90. The first-order valence-corrected chi connectivity index (χ1v) is 9.05. The van der Waals surface area contributed by atoms with E-state index in [0.29, 0.717) is 17.6 Å². The lowest BCUT2D eigenvalue weighted by molar-refractivity contribution is -0.118. The standard InChI is InChI=1S/C16H29N5OS/c1-3-5-13-6-4-10-20(11-9-13)12-21-16(23)19(2)15(18-21)8-7-14(17)22/h13H,3-12H2,1-2H3,(H2,17,22)/t13-/m1/s1. The van der Waals surface area contributed by atoms with Gasteiger partial charge in [0.1, 0.15) is 5.82 Å². The number of aryl methyl sites for hydroxylation is 1. The van der Waals surface area contributed by atoms with Crippen molar-refractivity contribution in [2.24, 2.45) is 18.7 Å². The van der Waals surface area contributed by atoms with E-state index in [1.54, 1.807) is 0 Å². The lowest BCUT2D eigenvalue weighted by Gasteiger charge is -2.19. The molecule has 0 spiro atoms. The van der Waals surface area contributed by atoms with Gasteiger partial charge < -0.3 is 10.3 Å². The minimum absolute atomic E-state index is 0.306. The average molecular weight is 340 g/mol. The van der Waals surface area contributed by atoms with Crippen LogP contribution in [-0.4, -0.2) is 38.2 Å². The van der Waals surface area contributed by atoms with E-state index in [9.17, 15) is 4.79 Å². The monoisotopic (exact) mass is 339 g/mol. The van der Waals surface area contributed by atoms with E-state index >= 15 is 0 Å². The van der Waals surface area contributed by atoms with Gasteiger partial charge in [-0.05, 0) is 43.9 Å². The summed E-state index contributed by atoms with van der Waals surface area (Å²) in [6, 6.07) is 0. The Morgan fingerprint density at radius 1 is 1.39 bits per heavy atom. The van der Waals surface area contributed by atoms with E-state index in [1.165, 1.54) is 32.1 Å². The van der Waals surface area contributed by atoms with Gasteiger partial charge >= 0.3 is 0 Å². The van der Waals surface area contributed by atoms with Crippen molar-refractivity contribution in [2.45, 2.75) is 58.5 Å². The molecule has 1 aliphatic rings. The summed E-state index contributed by atoms with van der Waals surface area (Å²) in [5.74, 6) is 1.39. The quantitative estimate of drug-likeness (QED) is 0.774. The van der Waals surface area contributed by atoms with Crippen molar-refractivity contribution in [1.29, 1.82) is 0 Å². The molecular weight excluding hydrogens is 310 g/mol. The van der Waals surface area contributed by atoms with E-state index in [4.69, 9.17) is 18.0 Å². The minimum Gasteiger partial charge on any atom is -0.370 e. The SMILES string of the molecule is CCC[C@@H]1CCCN(Cn2nc(CCC(N)=O)n(C)c2=S)CC1. The number of amides is 1. The summed E-state index contributed by atoms with van der Waals surface area (Å²) in [5, 5.41) is 4.59. The van der Waals surface area contributed by atoms with Gasteiger partial charge in [-0.1, -0.05) is 19.8 Å². The molecule has 1 saturated heterocycles. The summed E-state index contributed by atoms with van der Waals surface area (Å²) >= 11 is 5.48. The van der Waals surface area contributed by atoms with Gasteiger partial charge in [-0.15, -0.1) is 0 Å². The lowest BCUT2D eigenvalue weighted by Crippen LogP contribution is -2.28. The second-order valence-electron chi connectivity index (χ2n) is 6.57. The molecule has 0 radical (unpaired) electrons. The van der Waals surface area contributed by atoms with Crippen LogP contribution in [0, 0.1) is 10.7 Å². The van der Waals surface area contributed by atoms with Crippen molar-refractivity contribution in [3.05, 3.63) is 10.6 Å². The number of carbonyl (C=O) groups excluding carboxylic acids is 1. The highest BCUT2D eigenvalue weighted by Crippen LogP contribution is 2.22. The summed E-state index contributed by atoms with van der Waals surface area (Å²) in [4.78, 5) is 13.4. The highest BCUT2D eigenvalue weighted by Gasteiger charge is 2.18. The smallest absolute Gasteiger partial charge is 0.217 e. The van der Waals surface area contributed by atoms with E-state index < -0.39 is 0 Å². The van der Waals surface area contributed by atoms with Gasteiger partial charge in [-0.25, -0.2) is 4.68 Å². The molecule has 2 N–H and O–H groups in total. The zero-order valence-corrected chi connectivity index (χ0v) is 15.1. The third kappa shape index (κ3) is 5.14. The molecule has 0 bridgehead atoms. The number of nitrogens with zero attached hydrogens (tertiary/aromatic N) is 4. The largest absolute Gasteiger partial charge is 0.370 e. The molecule has 1 fully saturated rings. The van der Waals surface area contributed by atoms with Crippen molar-refractivity contribution >= 4 is 18.1 Å². The molecule has 0 aliphatic carbocycles. The molecule has 2 heterocycles. The first-order chi connectivity index (χ1) is 11.0. The van der Waals surface area contributed by atoms with Crippen molar-refractivity contribution in [1.82, 2.24) is 19.2 Å². The van der Waals surface area contributed by atoms with Gasteiger partial charge in [0, 0.05) is 26.4 Å². The fourth-order valence-electron chi connectivity index (χ4n) is 3.33. The normalized spacial score (nSPS) is 19.7. The van der Waals surface area contributed by atoms with Crippen molar-refractivity contribution < 1.29 is 4.79 Å². The Hall–Kier alpha value is -1.21. The predicted octanol–water partition coefficient (Wildman–Crippen LogP) is 2.23. The second kappa shape index (κ2) is 8.59. The number of primary amides is 1. The molecule has 1 aromatic rings. The maximum absolute atomic E-state index is 11.0. The number of nitrogens with two attached hydrogens (primary N) is 1. The van der Waals surface area contributed by atoms with Crippen LogP contribution >= 0.6 is 12.2 Å². The second-order valence-corrected chi connectivity index (χ2v) is 6.93. The summed E-state index contributed by atoms with van der Waals surface area (Å²) in [5.41, 5.74) is 5.22. The Kier molecular flexibility index (Phi) is 6.77. The maximum atomic E-state index is 11.0. The van der Waals surface area contributed by atoms with Crippen LogP contribution < -0.4 is 5.73 Å². The van der Waals surface area contributed by atoms with Crippen LogP contribution in [0.3, 0.4) is 0 Å². The molecule has 130 valence electrons.